The summed E-state index contributed by atoms with van der Waals surface area (Å²) in [7, 11) is 0. The van der Waals surface area contributed by atoms with Gasteiger partial charge in [0.05, 0.1) is 12.8 Å². The topological polar surface area (TPSA) is 77.3 Å². The zero-order valence-electron chi connectivity index (χ0n) is 16.1. The third kappa shape index (κ3) is 7.23. The van der Waals surface area contributed by atoms with Crippen molar-refractivity contribution < 1.29 is 18.6 Å². The molecule has 3 rings (SSSR count). The van der Waals surface area contributed by atoms with Gasteiger partial charge in [-0.2, -0.15) is 0 Å². The van der Waals surface area contributed by atoms with E-state index in [9.17, 15) is 0 Å². The maximum atomic E-state index is 5.94. The van der Waals surface area contributed by atoms with Gasteiger partial charge in [-0.15, -0.1) is 24.0 Å². The summed E-state index contributed by atoms with van der Waals surface area (Å²) in [5.41, 5.74) is 0. The standard InChI is InChI=1S/C20H27N3O4.HI/c1-2-21-20(22-10-6-11-24-14-16-7-5-12-25-16)23-13-17-15-26-18-8-3-4-9-19(18)27-17;/h3-5,7-9,12,17H,2,6,10-11,13-15H2,1H3,(H2,21,22,23);1H. The van der Waals surface area contributed by atoms with Crippen molar-refractivity contribution >= 4 is 29.9 Å². The van der Waals surface area contributed by atoms with Crippen molar-refractivity contribution in [3.05, 3.63) is 48.4 Å². The second kappa shape index (κ2) is 12.5. The van der Waals surface area contributed by atoms with Crippen LogP contribution in [0.25, 0.3) is 0 Å². The Morgan fingerprint density at radius 3 is 2.82 bits per heavy atom. The maximum Gasteiger partial charge on any atom is 0.191 e. The van der Waals surface area contributed by atoms with Gasteiger partial charge in [-0.25, -0.2) is 4.99 Å². The number of fused-ring (bicyclic) bond motifs is 1. The smallest absolute Gasteiger partial charge is 0.191 e. The molecule has 2 heterocycles. The monoisotopic (exact) mass is 501 g/mol. The Morgan fingerprint density at radius 1 is 1.18 bits per heavy atom. The fourth-order valence-corrected chi connectivity index (χ4v) is 2.64. The van der Waals surface area contributed by atoms with Crippen LogP contribution in [0.3, 0.4) is 0 Å². The minimum Gasteiger partial charge on any atom is -0.486 e. The van der Waals surface area contributed by atoms with E-state index in [1.165, 1.54) is 0 Å². The highest BCUT2D eigenvalue weighted by Crippen LogP contribution is 2.30. The van der Waals surface area contributed by atoms with Crippen LogP contribution in [0.1, 0.15) is 19.1 Å². The largest absolute Gasteiger partial charge is 0.486 e. The van der Waals surface area contributed by atoms with Crippen molar-refractivity contribution in [2.24, 2.45) is 4.99 Å². The number of halogens is 1. The lowest BCUT2D eigenvalue weighted by Crippen LogP contribution is -2.40. The number of furan rings is 1. The molecule has 1 aromatic carbocycles. The van der Waals surface area contributed by atoms with Crippen LogP contribution in [-0.2, 0) is 11.3 Å². The molecule has 1 aromatic heterocycles. The Morgan fingerprint density at radius 2 is 2.04 bits per heavy atom. The number of nitrogens with zero attached hydrogens (tertiary/aromatic N) is 1. The van der Waals surface area contributed by atoms with Crippen LogP contribution in [0, 0.1) is 0 Å². The van der Waals surface area contributed by atoms with Crippen LogP contribution < -0.4 is 20.1 Å². The second-order valence-electron chi connectivity index (χ2n) is 6.13. The van der Waals surface area contributed by atoms with Crippen molar-refractivity contribution in [2.75, 3.05) is 32.8 Å². The van der Waals surface area contributed by atoms with Gasteiger partial charge < -0.3 is 29.3 Å². The van der Waals surface area contributed by atoms with Crippen LogP contribution in [0.15, 0.2) is 52.1 Å². The minimum atomic E-state index is -0.0908. The van der Waals surface area contributed by atoms with Crippen LogP contribution in [0.4, 0.5) is 0 Å². The first-order chi connectivity index (χ1) is 13.3. The number of ether oxygens (including phenoxy) is 3. The highest BCUT2D eigenvalue weighted by Gasteiger charge is 2.20. The van der Waals surface area contributed by atoms with Crippen molar-refractivity contribution in [3.63, 3.8) is 0 Å². The molecule has 28 heavy (non-hydrogen) atoms. The first-order valence-corrected chi connectivity index (χ1v) is 9.36. The molecule has 7 nitrogen and oxygen atoms in total. The lowest BCUT2D eigenvalue weighted by atomic mass is 10.2. The lowest BCUT2D eigenvalue weighted by molar-refractivity contribution is 0.0970. The first kappa shape index (κ1) is 22.4. The normalized spacial score (nSPS) is 15.6. The molecule has 0 bridgehead atoms. The summed E-state index contributed by atoms with van der Waals surface area (Å²) >= 11 is 0. The van der Waals surface area contributed by atoms with E-state index >= 15 is 0 Å². The molecular weight excluding hydrogens is 473 g/mol. The van der Waals surface area contributed by atoms with E-state index in [0.29, 0.717) is 26.4 Å². The molecule has 1 unspecified atom stereocenters. The van der Waals surface area contributed by atoms with Gasteiger partial charge >= 0.3 is 0 Å². The molecule has 1 aliphatic heterocycles. The van der Waals surface area contributed by atoms with E-state index in [0.717, 1.165) is 42.7 Å². The predicted octanol–water partition coefficient (Wildman–Crippen LogP) is 3.20. The highest BCUT2D eigenvalue weighted by atomic mass is 127. The highest BCUT2D eigenvalue weighted by molar-refractivity contribution is 14.0. The van der Waals surface area contributed by atoms with E-state index in [2.05, 4.69) is 15.6 Å². The molecule has 0 spiro atoms. The SMILES string of the molecule is CCNC(=NCC1COc2ccccc2O1)NCCCOCc1ccco1.I. The van der Waals surface area contributed by atoms with Gasteiger partial charge in [-0.3, -0.25) is 0 Å². The molecule has 1 atom stereocenters. The van der Waals surface area contributed by atoms with Gasteiger partial charge in [-0.1, -0.05) is 12.1 Å². The summed E-state index contributed by atoms with van der Waals surface area (Å²) in [5.74, 6) is 3.17. The zero-order valence-corrected chi connectivity index (χ0v) is 18.4. The molecule has 2 N–H and O–H groups in total. The Hall–Kier alpha value is -1.94. The summed E-state index contributed by atoms with van der Waals surface area (Å²) in [6.45, 7) is 5.80. The van der Waals surface area contributed by atoms with Gasteiger partial charge in [0, 0.05) is 19.7 Å². The molecule has 0 saturated heterocycles. The third-order valence-electron chi connectivity index (χ3n) is 3.95. The number of nitrogens with one attached hydrogen (secondary N) is 2. The number of guanidine groups is 1. The van der Waals surface area contributed by atoms with Crippen LogP contribution in [-0.4, -0.2) is 44.9 Å². The molecular formula is C20H28IN3O4. The summed E-state index contributed by atoms with van der Waals surface area (Å²) in [4.78, 5) is 4.60. The molecule has 0 radical (unpaired) electrons. The number of benzene rings is 1. The summed E-state index contributed by atoms with van der Waals surface area (Å²) in [6, 6.07) is 11.5. The second-order valence-corrected chi connectivity index (χ2v) is 6.13. The van der Waals surface area contributed by atoms with Crippen molar-refractivity contribution in [1.29, 1.82) is 0 Å². The van der Waals surface area contributed by atoms with Gasteiger partial charge in [0.15, 0.2) is 23.6 Å². The maximum absolute atomic E-state index is 5.94. The van der Waals surface area contributed by atoms with Crippen molar-refractivity contribution in [3.8, 4) is 11.5 Å². The molecule has 0 saturated carbocycles. The zero-order chi connectivity index (χ0) is 18.7. The van der Waals surface area contributed by atoms with E-state index in [1.807, 2.05) is 43.3 Å². The number of hydrogen-bond donors (Lipinski definition) is 2. The van der Waals surface area contributed by atoms with Gasteiger partial charge in [-0.05, 0) is 37.6 Å². The molecule has 0 amide bonds. The van der Waals surface area contributed by atoms with E-state index < -0.39 is 0 Å². The van der Waals surface area contributed by atoms with E-state index in [1.54, 1.807) is 6.26 Å². The fraction of sp³-hybridized carbons (Fsp3) is 0.450. The van der Waals surface area contributed by atoms with Gasteiger partial charge in [0.1, 0.15) is 19.0 Å². The van der Waals surface area contributed by atoms with Crippen molar-refractivity contribution in [1.82, 2.24) is 10.6 Å². The molecule has 154 valence electrons. The third-order valence-corrected chi connectivity index (χ3v) is 3.95. The van der Waals surface area contributed by atoms with Crippen LogP contribution in [0.2, 0.25) is 0 Å². The average Bonchev–Trinajstić information content (AvgIpc) is 3.22. The Bertz CT molecular complexity index is 709. The fourth-order valence-electron chi connectivity index (χ4n) is 2.64. The summed E-state index contributed by atoms with van der Waals surface area (Å²) in [6.07, 6.45) is 2.44. The molecule has 0 aliphatic carbocycles. The number of para-hydroxylation sites is 2. The van der Waals surface area contributed by atoms with Gasteiger partial charge in [0.2, 0.25) is 0 Å². The Balaban J connectivity index is 0.00000280. The van der Waals surface area contributed by atoms with E-state index in [-0.39, 0.29) is 30.1 Å². The predicted molar refractivity (Wildman–Crippen MR) is 119 cm³/mol. The summed E-state index contributed by atoms with van der Waals surface area (Å²) in [5, 5.41) is 6.55. The summed E-state index contributed by atoms with van der Waals surface area (Å²) < 4.78 is 22.5. The molecule has 8 heteroatoms. The molecule has 1 aliphatic rings. The molecule has 0 fully saturated rings. The molecule has 2 aromatic rings. The van der Waals surface area contributed by atoms with Crippen LogP contribution >= 0.6 is 24.0 Å². The van der Waals surface area contributed by atoms with Crippen molar-refractivity contribution in [2.45, 2.75) is 26.1 Å². The Kier molecular flexibility index (Phi) is 9.98. The van der Waals surface area contributed by atoms with E-state index in [4.69, 9.17) is 18.6 Å². The number of rotatable bonds is 9. The first-order valence-electron chi connectivity index (χ1n) is 9.36. The lowest BCUT2D eigenvalue weighted by Gasteiger charge is -2.25. The number of hydrogen-bond acceptors (Lipinski definition) is 5. The minimum absolute atomic E-state index is 0. The quantitative estimate of drug-likeness (QED) is 0.238. The average molecular weight is 501 g/mol. The van der Waals surface area contributed by atoms with Gasteiger partial charge in [0.25, 0.3) is 0 Å². The number of aliphatic imine (C=N–C) groups is 1. The Labute approximate surface area is 182 Å². The van der Waals surface area contributed by atoms with Crippen LogP contribution in [0.5, 0.6) is 11.5 Å².